The third-order valence-corrected chi connectivity index (χ3v) is 2.61. The van der Waals surface area contributed by atoms with Crippen LogP contribution in [0.2, 0.25) is 0 Å². The highest BCUT2D eigenvalue weighted by Crippen LogP contribution is 2.30. The SMILES string of the molecule is CCOC(=O)c1ccc(Oc2ccccc2OCC)nc1. The Hall–Kier alpha value is -2.56. The van der Waals surface area contributed by atoms with Crippen molar-refractivity contribution in [2.75, 3.05) is 13.2 Å². The minimum absolute atomic E-state index is 0.332. The summed E-state index contributed by atoms with van der Waals surface area (Å²) in [6, 6.07) is 10.6. The van der Waals surface area contributed by atoms with Gasteiger partial charge in [-0.3, -0.25) is 0 Å². The number of para-hydroxylation sites is 2. The lowest BCUT2D eigenvalue weighted by molar-refractivity contribution is 0.0526. The Balaban J connectivity index is 2.12. The number of aromatic nitrogens is 1. The third kappa shape index (κ3) is 3.95. The Morgan fingerprint density at radius 2 is 1.81 bits per heavy atom. The highest BCUT2D eigenvalue weighted by atomic mass is 16.5. The van der Waals surface area contributed by atoms with Crippen molar-refractivity contribution in [2.24, 2.45) is 0 Å². The second-order valence-electron chi connectivity index (χ2n) is 4.09. The van der Waals surface area contributed by atoms with E-state index in [0.29, 0.717) is 36.2 Å². The van der Waals surface area contributed by atoms with Gasteiger partial charge in [0.15, 0.2) is 11.5 Å². The van der Waals surface area contributed by atoms with Crippen LogP contribution in [0.5, 0.6) is 17.4 Å². The molecule has 1 aromatic heterocycles. The van der Waals surface area contributed by atoms with Crippen molar-refractivity contribution in [1.29, 1.82) is 0 Å². The Labute approximate surface area is 123 Å². The molecule has 0 bridgehead atoms. The number of nitrogens with zero attached hydrogens (tertiary/aromatic N) is 1. The Morgan fingerprint density at radius 1 is 1.05 bits per heavy atom. The second kappa shape index (κ2) is 7.28. The molecule has 0 amide bonds. The molecule has 0 spiro atoms. The van der Waals surface area contributed by atoms with Crippen LogP contribution in [0.4, 0.5) is 0 Å². The molecule has 0 radical (unpaired) electrons. The molecule has 0 atom stereocenters. The van der Waals surface area contributed by atoms with Crippen LogP contribution in [0.3, 0.4) is 0 Å². The van der Waals surface area contributed by atoms with Crippen molar-refractivity contribution in [1.82, 2.24) is 4.98 Å². The fourth-order valence-corrected chi connectivity index (χ4v) is 1.70. The largest absolute Gasteiger partial charge is 0.490 e. The standard InChI is InChI=1S/C16H17NO4/c1-3-19-13-7-5-6-8-14(13)21-15-10-9-12(11-17-15)16(18)20-4-2/h5-11H,3-4H2,1-2H3. The number of carbonyl (C=O) groups is 1. The van der Waals surface area contributed by atoms with Gasteiger partial charge >= 0.3 is 5.97 Å². The predicted octanol–water partition coefficient (Wildman–Crippen LogP) is 3.45. The number of rotatable bonds is 6. The van der Waals surface area contributed by atoms with Crippen LogP contribution in [-0.2, 0) is 4.74 Å². The molecule has 0 fully saturated rings. The highest BCUT2D eigenvalue weighted by molar-refractivity contribution is 5.89. The third-order valence-electron chi connectivity index (χ3n) is 2.61. The van der Waals surface area contributed by atoms with E-state index in [9.17, 15) is 4.79 Å². The smallest absolute Gasteiger partial charge is 0.339 e. The summed E-state index contributed by atoms with van der Waals surface area (Å²) in [6.45, 7) is 4.55. The topological polar surface area (TPSA) is 57.7 Å². The first-order valence-electron chi connectivity index (χ1n) is 6.77. The number of carbonyl (C=O) groups excluding carboxylic acids is 1. The summed E-state index contributed by atoms with van der Waals surface area (Å²) >= 11 is 0. The van der Waals surface area contributed by atoms with Gasteiger partial charge in [-0.05, 0) is 32.0 Å². The maximum Gasteiger partial charge on any atom is 0.339 e. The Kier molecular flexibility index (Phi) is 5.15. The second-order valence-corrected chi connectivity index (χ2v) is 4.09. The lowest BCUT2D eigenvalue weighted by Crippen LogP contribution is -2.05. The van der Waals surface area contributed by atoms with Gasteiger partial charge in [-0.1, -0.05) is 12.1 Å². The summed E-state index contributed by atoms with van der Waals surface area (Å²) in [5.41, 5.74) is 0.391. The Morgan fingerprint density at radius 3 is 2.43 bits per heavy atom. The number of pyridine rings is 1. The van der Waals surface area contributed by atoms with Crippen molar-refractivity contribution in [3.8, 4) is 17.4 Å². The number of hydrogen-bond acceptors (Lipinski definition) is 5. The van der Waals surface area contributed by atoms with Crippen molar-refractivity contribution in [3.63, 3.8) is 0 Å². The summed E-state index contributed by atoms with van der Waals surface area (Å²) in [6.07, 6.45) is 1.43. The van der Waals surface area contributed by atoms with Gasteiger partial charge < -0.3 is 14.2 Å². The maximum atomic E-state index is 11.5. The fraction of sp³-hybridized carbons (Fsp3) is 0.250. The van der Waals surface area contributed by atoms with Crippen LogP contribution < -0.4 is 9.47 Å². The van der Waals surface area contributed by atoms with Crippen molar-refractivity contribution >= 4 is 5.97 Å². The number of ether oxygens (including phenoxy) is 3. The van der Waals surface area contributed by atoms with Crippen LogP contribution in [0, 0.1) is 0 Å². The van der Waals surface area contributed by atoms with Gasteiger partial charge in [-0.15, -0.1) is 0 Å². The van der Waals surface area contributed by atoms with Crippen LogP contribution in [0.25, 0.3) is 0 Å². The van der Waals surface area contributed by atoms with Crippen molar-refractivity contribution in [3.05, 3.63) is 48.2 Å². The first-order chi connectivity index (χ1) is 10.2. The van der Waals surface area contributed by atoms with E-state index in [1.807, 2.05) is 25.1 Å². The molecule has 0 aliphatic heterocycles. The van der Waals surface area contributed by atoms with Gasteiger partial charge in [0.1, 0.15) is 0 Å². The van der Waals surface area contributed by atoms with E-state index in [2.05, 4.69) is 4.98 Å². The molecular formula is C16H17NO4. The molecule has 0 aliphatic rings. The van der Waals surface area contributed by atoms with E-state index in [1.165, 1.54) is 6.20 Å². The predicted molar refractivity (Wildman–Crippen MR) is 77.9 cm³/mol. The van der Waals surface area contributed by atoms with E-state index in [-0.39, 0.29) is 0 Å². The van der Waals surface area contributed by atoms with Gasteiger partial charge in [0.05, 0.1) is 18.8 Å². The first kappa shape index (κ1) is 14.8. The monoisotopic (exact) mass is 287 g/mol. The van der Waals surface area contributed by atoms with Crippen molar-refractivity contribution in [2.45, 2.75) is 13.8 Å². The summed E-state index contributed by atoms with van der Waals surface area (Å²) in [5, 5.41) is 0. The lowest BCUT2D eigenvalue weighted by atomic mass is 10.3. The molecule has 21 heavy (non-hydrogen) atoms. The van der Waals surface area contributed by atoms with E-state index in [4.69, 9.17) is 14.2 Å². The number of hydrogen-bond donors (Lipinski definition) is 0. The maximum absolute atomic E-state index is 11.5. The first-order valence-corrected chi connectivity index (χ1v) is 6.77. The molecule has 2 rings (SSSR count). The summed E-state index contributed by atoms with van der Waals surface area (Å²) < 4.78 is 16.0. The molecule has 0 saturated carbocycles. The van der Waals surface area contributed by atoms with Gasteiger partial charge in [0, 0.05) is 12.3 Å². The van der Waals surface area contributed by atoms with E-state index < -0.39 is 5.97 Å². The quantitative estimate of drug-likeness (QED) is 0.762. The van der Waals surface area contributed by atoms with E-state index in [0.717, 1.165) is 0 Å². The van der Waals surface area contributed by atoms with Gasteiger partial charge in [-0.2, -0.15) is 0 Å². The average molecular weight is 287 g/mol. The van der Waals surface area contributed by atoms with Gasteiger partial charge in [0.25, 0.3) is 0 Å². The molecule has 0 saturated heterocycles. The van der Waals surface area contributed by atoms with Gasteiger partial charge in [-0.25, -0.2) is 9.78 Å². The fourth-order valence-electron chi connectivity index (χ4n) is 1.70. The summed E-state index contributed by atoms with van der Waals surface area (Å²) in [5.74, 6) is 1.22. The zero-order valence-electron chi connectivity index (χ0n) is 12.0. The molecule has 110 valence electrons. The van der Waals surface area contributed by atoms with Crippen LogP contribution in [0.1, 0.15) is 24.2 Å². The number of esters is 1. The van der Waals surface area contributed by atoms with Crippen molar-refractivity contribution < 1.29 is 19.0 Å². The molecule has 5 nitrogen and oxygen atoms in total. The van der Waals surface area contributed by atoms with Crippen LogP contribution >= 0.6 is 0 Å². The molecule has 1 aromatic carbocycles. The molecular weight excluding hydrogens is 270 g/mol. The van der Waals surface area contributed by atoms with E-state index >= 15 is 0 Å². The van der Waals surface area contributed by atoms with Gasteiger partial charge in [0.2, 0.25) is 5.88 Å². The normalized spacial score (nSPS) is 10.0. The summed E-state index contributed by atoms with van der Waals surface area (Å²) in [7, 11) is 0. The minimum atomic E-state index is -0.397. The van der Waals surface area contributed by atoms with Crippen LogP contribution in [-0.4, -0.2) is 24.2 Å². The molecule has 2 aromatic rings. The molecule has 1 heterocycles. The van der Waals surface area contributed by atoms with E-state index in [1.54, 1.807) is 25.1 Å². The zero-order valence-corrected chi connectivity index (χ0v) is 12.0. The zero-order chi connectivity index (χ0) is 15.1. The summed E-state index contributed by atoms with van der Waals surface area (Å²) in [4.78, 5) is 15.6. The molecule has 0 aliphatic carbocycles. The van der Waals surface area contributed by atoms with Crippen LogP contribution in [0.15, 0.2) is 42.6 Å². The highest BCUT2D eigenvalue weighted by Gasteiger charge is 2.09. The molecule has 0 N–H and O–H groups in total. The lowest BCUT2D eigenvalue weighted by Gasteiger charge is -2.10. The minimum Gasteiger partial charge on any atom is -0.490 e. The Bertz CT molecular complexity index is 595. The number of benzene rings is 1. The average Bonchev–Trinajstić information content (AvgIpc) is 2.50. The molecule has 0 unspecified atom stereocenters. The molecule has 5 heteroatoms.